The van der Waals surface area contributed by atoms with E-state index in [1.165, 1.54) is 30.0 Å². The number of hydrogen-bond acceptors (Lipinski definition) is 6. The molecule has 9 nitrogen and oxygen atoms in total. The summed E-state index contributed by atoms with van der Waals surface area (Å²) in [5, 5.41) is 13.1. The summed E-state index contributed by atoms with van der Waals surface area (Å²) in [4.78, 5) is 50.9. The van der Waals surface area contributed by atoms with Crippen LogP contribution < -0.4 is 4.90 Å². The standard InChI is InChI=1S/C23H15N3O6/c1-13(27)24(14-9-10-16-15-5-2-3-8-19(15)32-20(16)11-14)12-25-22(28)17-6-4-7-18(26(30)31)21(17)23(25)29/h2-11H,12H2,1H3. The van der Waals surface area contributed by atoms with Crippen molar-refractivity contribution < 1.29 is 23.7 Å². The van der Waals surface area contributed by atoms with Crippen LogP contribution >= 0.6 is 0 Å². The van der Waals surface area contributed by atoms with Gasteiger partial charge in [0.2, 0.25) is 5.91 Å². The van der Waals surface area contributed by atoms with Gasteiger partial charge in [0.15, 0.2) is 0 Å². The molecular formula is C23H15N3O6. The van der Waals surface area contributed by atoms with Crippen LogP contribution in [0.4, 0.5) is 11.4 Å². The molecule has 0 fully saturated rings. The average Bonchev–Trinajstić information content (AvgIpc) is 3.26. The fraction of sp³-hybridized carbons (Fsp3) is 0.0870. The molecule has 5 rings (SSSR count). The number of carbonyl (C=O) groups excluding carboxylic acids is 3. The molecule has 0 radical (unpaired) electrons. The van der Waals surface area contributed by atoms with Crippen molar-refractivity contribution in [3.63, 3.8) is 0 Å². The molecule has 3 aromatic carbocycles. The first-order valence-electron chi connectivity index (χ1n) is 9.70. The summed E-state index contributed by atoms with van der Waals surface area (Å²) in [6.07, 6.45) is 0. The molecule has 0 bridgehead atoms. The molecule has 1 aromatic heterocycles. The molecule has 0 N–H and O–H groups in total. The lowest BCUT2D eigenvalue weighted by Crippen LogP contribution is -2.43. The van der Waals surface area contributed by atoms with Crippen molar-refractivity contribution in [1.82, 2.24) is 4.90 Å². The summed E-state index contributed by atoms with van der Waals surface area (Å²) in [6.45, 7) is 0.925. The van der Waals surface area contributed by atoms with Crippen molar-refractivity contribution in [2.24, 2.45) is 0 Å². The van der Waals surface area contributed by atoms with Gasteiger partial charge in [0, 0.05) is 35.5 Å². The lowest BCUT2D eigenvalue weighted by molar-refractivity contribution is -0.385. The predicted molar refractivity (Wildman–Crippen MR) is 115 cm³/mol. The second-order valence-electron chi connectivity index (χ2n) is 7.36. The van der Waals surface area contributed by atoms with E-state index in [-0.39, 0.29) is 17.8 Å². The fourth-order valence-electron chi connectivity index (χ4n) is 3.98. The van der Waals surface area contributed by atoms with Gasteiger partial charge in [-0.2, -0.15) is 0 Å². The van der Waals surface area contributed by atoms with Crippen LogP contribution in [0.15, 0.2) is 65.1 Å². The van der Waals surface area contributed by atoms with E-state index in [9.17, 15) is 24.5 Å². The van der Waals surface area contributed by atoms with Crippen LogP contribution in [0.1, 0.15) is 27.6 Å². The highest BCUT2D eigenvalue weighted by Crippen LogP contribution is 2.34. The molecular weight excluding hydrogens is 414 g/mol. The first kappa shape index (κ1) is 19.4. The summed E-state index contributed by atoms with van der Waals surface area (Å²) in [6, 6.07) is 16.6. The number of para-hydroxylation sites is 1. The summed E-state index contributed by atoms with van der Waals surface area (Å²) >= 11 is 0. The van der Waals surface area contributed by atoms with Crippen LogP contribution in [-0.4, -0.2) is 34.2 Å². The van der Waals surface area contributed by atoms with Crippen LogP contribution in [0.2, 0.25) is 0 Å². The maximum absolute atomic E-state index is 12.9. The minimum absolute atomic E-state index is 0.0551. The molecule has 158 valence electrons. The van der Waals surface area contributed by atoms with Gasteiger partial charge in [-0.1, -0.05) is 24.3 Å². The van der Waals surface area contributed by atoms with E-state index in [2.05, 4.69) is 0 Å². The topological polar surface area (TPSA) is 114 Å². The molecule has 0 aliphatic carbocycles. The third-order valence-electron chi connectivity index (χ3n) is 5.51. The van der Waals surface area contributed by atoms with Gasteiger partial charge in [-0.25, -0.2) is 0 Å². The summed E-state index contributed by atoms with van der Waals surface area (Å²) in [5.41, 5.74) is 0.908. The molecule has 9 heteroatoms. The van der Waals surface area contributed by atoms with Gasteiger partial charge in [0.1, 0.15) is 23.4 Å². The number of amides is 3. The lowest BCUT2D eigenvalue weighted by atomic mass is 10.1. The monoisotopic (exact) mass is 429 g/mol. The first-order valence-corrected chi connectivity index (χ1v) is 9.70. The summed E-state index contributed by atoms with van der Waals surface area (Å²) in [7, 11) is 0. The van der Waals surface area contributed by atoms with Crippen LogP contribution in [-0.2, 0) is 4.79 Å². The van der Waals surface area contributed by atoms with Crippen molar-refractivity contribution in [3.05, 3.63) is 81.9 Å². The minimum atomic E-state index is -0.812. The Morgan fingerprint density at radius 3 is 2.50 bits per heavy atom. The Labute approximate surface area is 180 Å². The van der Waals surface area contributed by atoms with Crippen molar-refractivity contribution in [2.75, 3.05) is 11.6 Å². The highest BCUT2D eigenvalue weighted by atomic mass is 16.6. The van der Waals surface area contributed by atoms with Crippen molar-refractivity contribution in [2.45, 2.75) is 6.92 Å². The van der Waals surface area contributed by atoms with E-state index in [0.29, 0.717) is 16.9 Å². The van der Waals surface area contributed by atoms with E-state index >= 15 is 0 Å². The Balaban J connectivity index is 1.53. The number of anilines is 1. The largest absolute Gasteiger partial charge is 0.456 e. The van der Waals surface area contributed by atoms with E-state index in [1.54, 1.807) is 18.2 Å². The van der Waals surface area contributed by atoms with Crippen molar-refractivity contribution in [1.29, 1.82) is 0 Å². The first-order chi connectivity index (χ1) is 15.4. The number of furan rings is 1. The Hall–Kier alpha value is -4.53. The third-order valence-corrected chi connectivity index (χ3v) is 5.51. The van der Waals surface area contributed by atoms with Gasteiger partial charge in [0.25, 0.3) is 17.5 Å². The number of nitrogens with zero attached hydrogens (tertiary/aromatic N) is 3. The normalized spacial score (nSPS) is 13.1. The molecule has 2 heterocycles. The zero-order valence-electron chi connectivity index (χ0n) is 16.8. The molecule has 3 amide bonds. The number of imide groups is 1. The maximum atomic E-state index is 12.9. The van der Waals surface area contributed by atoms with Crippen molar-refractivity contribution >= 4 is 51.0 Å². The molecule has 4 aromatic rings. The quantitative estimate of drug-likeness (QED) is 0.274. The van der Waals surface area contributed by atoms with Gasteiger partial charge in [-0.05, 0) is 24.3 Å². The Bertz CT molecular complexity index is 1470. The SMILES string of the molecule is CC(=O)N(CN1C(=O)c2cccc([N+](=O)[O-])c2C1=O)c1ccc2c(c1)oc1ccccc12. The average molecular weight is 429 g/mol. The van der Waals surface area contributed by atoms with Crippen LogP contribution in [0.3, 0.4) is 0 Å². The maximum Gasteiger partial charge on any atom is 0.282 e. The van der Waals surface area contributed by atoms with E-state index < -0.39 is 28.3 Å². The second-order valence-corrected chi connectivity index (χ2v) is 7.36. The van der Waals surface area contributed by atoms with Gasteiger partial charge >= 0.3 is 0 Å². The van der Waals surface area contributed by atoms with Gasteiger partial charge in [-0.15, -0.1) is 0 Å². The van der Waals surface area contributed by atoms with Crippen LogP contribution in [0.5, 0.6) is 0 Å². The summed E-state index contributed by atoms with van der Waals surface area (Å²) < 4.78 is 5.87. The van der Waals surface area contributed by atoms with Crippen LogP contribution in [0.25, 0.3) is 21.9 Å². The van der Waals surface area contributed by atoms with Gasteiger partial charge in [-0.3, -0.25) is 34.3 Å². The Morgan fingerprint density at radius 2 is 1.75 bits per heavy atom. The lowest BCUT2D eigenvalue weighted by Gasteiger charge is -2.25. The van der Waals surface area contributed by atoms with Crippen LogP contribution in [0, 0.1) is 10.1 Å². The smallest absolute Gasteiger partial charge is 0.282 e. The number of benzene rings is 3. The highest BCUT2D eigenvalue weighted by molar-refractivity contribution is 6.23. The Kier molecular flexibility index (Phi) is 4.26. The Morgan fingerprint density at radius 1 is 1.00 bits per heavy atom. The zero-order valence-corrected chi connectivity index (χ0v) is 16.8. The second kappa shape index (κ2) is 7.02. The number of fused-ring (bicyclic) bond motifs is 4. The highest BCUT2D eigenvalue weighted by Gasteiger charge is 2.42. The molecule has 0 spiro atoms. The summed E-state index contributed by atoms with van der Waals surface area (Å²) in [5.74, 6) is -1.91. The molecule has 0 saturated carbocycles. The number of nitro groups is 1. The minimum Gasteiger partial charge on any atom is -0.456 e. The van der Waals surface area contributed by atoms with E-state index in [4.69, 9.17) is 4.42 Å². The van der Waals surface area contributed by atoms with Crippen molar-refractivity contribution in [3.8, 4) is 0 Å². The molecule has 1 aliphatic heterocycles. The van der Waals surface area contributed by atoms with E-state index in [1.807, 2.05) is 24.3 Å². The number of hydrogen-bond donors (Lipinski definition) is 0. The number of nitro benzene ring substituents is 1. The third kappa shape index (κ3) is 2.83. The molecule has 0 atom stereocenters. The number of carbonyl (C=O) groups is 3. The van der Waals surface area contributed by atoms with Gasteiger partial charge in [0.05, 0.1) is 10.5 Å². The molecule has 0 saturated heterocycles. The molecule has 1 aliphatic rings. The van der Waals surface area contributed by atoms with E-state index in [0.717, 1.165) is 15.7 Å². The predicted octanol–water partition coefficient (Wildman–Crippen LogP) is 4.10. The fourth-order valence-corrected chi connectivity index (χ4v) is 3.98. The zero-order chi connectivity index (χ0) is 22.6. The molecule has 0 unspecified atom stereocenters. The molecule has 32 heavy (non-hydrogen) atoms. The van der Waals surface area contributed by atoms with Gasteiger partial charge < -0.3 is 4.42 Å². The number of rotatable bonds is 4.